The van der Waals surface area contributed by atoms with E-state index in [1.54, 1.807) is 23.5 Å². The van der Waals surface area contributed by atoms with Crippen molar-refractivity contribution >= 4 is 45.6 Å². The highest BCUT2D eigenvalue weighted by Gasteiger charge is 2.10. The van der Waals surface area contributed by atoms with Crippen LogP contribution in [0.2, 0.25) is 0 Å². The van der Waals surface area contributed by atoms with E-state index in [2.05, 4.69) is 47.5 Å². The molecule has 23 heavy (non-hydrogen) atoms. The summed E-state index contributed by atoms with van der Waals surface area (Å²) in [4.78, 5) is 9.39. The minimum Gasteiger partial charge on any atom is -0.322 e. The van der Waals surface area contributed by atoms with E-state index in [0.717, 1.165) is 26.4 Å². The molecule has 4 aromatic rings. The van der Waals surface area contributed by atoms with Gasteiger partial charge in [-0.2, -0.15) is 0 Å². The van der Waals surface area contributed by atoms with E-state index in [1.807, 2.05) is 24.3 Å². The van der Waals surface area contributed by atoms with E-state index in [1.165, 1.54) is 11.0 Å². The fourth-order valence-electron chi connectivity index (χ4n) is 2.64. The Bertz CT molecular complexity index is 907. The second kappa shape index (κ2) is 5.94. The van der Waals surface area contributed by atoms with Gasteiger partial charge in [-0.05, 0) is 24.3 Å². The molecule has 4 rings (SSSR count). The molecule has 0 N–H and O–H groups in total. The first-order valence-electron chi connectivity index (χ1n) is 7.32. The van der Waals surface area contributed by atoms with Crippen LogP contribution in [-0.4, -0.2) is 24.2 Å². The number of aryl methyl sites for hydroxylation is 2. The molecule has 0 bridgehead atoms. The van der Waals surface area contributed by atoms with Gasteiger partial charge in [0.1, 0.15) is 0 Å². The van der Waals surface area contributed by atoms with Crippen LogP contribution in [0, 0.1) is 0 Å². The molecule has 0 spiro atoms. The largest absolute Gasteiger partial charge is 0.322 e. The number of benzene rings is 2. The predicted octanol–water partition coefficient (Wildman–Crippen LogP) is 4.30. The third kappa shape index (κ3) is 2.62. The van der Waals surface area contributed by atoms with Crippen molar-refractivity contribution in [3.8, 4) is 0 Å². The molecule has 2 heterocycles. The fourth-order valence-corrected chi connectivity index (χ4v) is 4.63. The summed E-state index contributed by atoms with van der Waals surface area (Å²) in [6.07, 6.45) is 0. The van der Waals surface area contributed by atoms with E-state index < -0.39 is 0 Å². The molecular weight excluding hydrogens is 324 g/mol. The van der Waals surface area contributed by atoms with E-state index >= 15 is 0 Å². The van der Waals surface area contributed by atoms with Gasteiger partial charge in [-0.15, -0.1) is 0 Å². The summed E-state index contributed by atoms with van der Waals surface area (Å²) in [5.74, 6) is 0. The molecule has 116 valence electrons. The molecule has 0 saturated carbocycles. The Labute approximate surface area is 142 Å². The van der Waals surface area contributed by atoms with Gasteiger partial charge in [0.25, 0.3) is 0 Å². The molecule has 0 atom stereocenters. The number of thioether (sulfide) groups is 2. The van der Waals surface area contributed by atoms with Crippen molar-refractivity contribution in [1.82, 2.24) is 19.1 Å². The normalized spacial score (nSPS) is 11.6. The summed E-state index contributed by atoms with van der Waals surface area (Å²) in [6, 6.07) is 16.5. The average Bonchev–Trinajstić information content (AvgIpc) is 3.07. The van der Waals surface area contributed by atoms with Gasteiger partial charge in [0.2, 0.25) is 0 Å². The van der Waals surface area contributed by atoms with Crippen molar-refractivity contribution in [2.24, 2.45) is 14.1 Å². The molecule has 2 aromatic heterocycles. The lowest BCUT2D eigenvalue weighted by molar-refractivity contribution is 0.813. The molecular formula is C17H16N4S2. The summed E-state index contributed by atoms with van der Waals surface area (Å²) < 4.78 is 4.30. The Hall–Kier alpha value is -1.92. The van der Waals surface area contributed by atoms with Gasteiger partial charge in [0, 0.05) is 14.1 Å². The maximum absolute atomic E-state index is 4.69. The average molecular weight is 340 g/mol. The van der Waals surface area contributed by atoms with E-state index in [9.17, 15) is 0 Å². The van der Waals surface area contributed by atoms with Gasteiger partial charge in [-0.1, -0.05) is 47.8 Å². The van der Waals surface area contributed by atoms with Crippen LogP contribution in [0.15, 0.2) is 58.8 Å². The molecule has 4 nitrogen and oxygen atoms in total. The van der Waals surface area contributed by atoms with Crippen LogP contribution in [0.4, 0.5) is 0 Å². The quantitative estimate of drug-likeness (QED) is 0.410. The molecule has 0 aliphatic heterocycles. The highest BCUT2D eigenvalue weighted by atomic mass is 32.2. The molecule has 2 aromatic carbocycles. The highest BCUT2D eigenvalue weighted by molar-refractivity contribution is 8.15. The molecule has 0 aliphatic carbocycles. The monoisotopic (exact) mass is 340 g/mol. The Balaban J connectivity index is 1.52. The van der Waals surface area contributed by atoms with Gasteiger partial charge < -0.3 is 9.13 Å². The standard InChI is InChI=1S/C17H16N4S2/c1-20-14-9-5-3-7-12(14)18-16(20)22-11-23-17-19-13-8-4-6-10-15(13)21(17)2/h3-10H,11H2,1-2H3. The van der Waals surface area contributed by atoms with Crippen LogP contribution in [0.25, 0.3) is 22.1 Å². The van der Waals surface area contributed by atoms with Crippen molar-refractivity contribution in [3.05, 3.63) is 48.5 Å². The molecule has 6 heteroatoms. The topological polar surface area (TPSA) is 35.6 Å². The lowest BCUT2D eigenvalue weighted by atomic mass is 10.3. The number of fused-ring (bicyclic) bond motifs is 2. The molecule has 0 saturated heterocycles. The van der Waals surface area contributed by atoms with Crippen molar-refractivity contribution in [3.63, 3.8) is 0 Å². The third-order valence-electron chi connectivity index (χ3n) is 3.87. The van der Waals surface area contributed by atoms with E-state index in [-0.39, 0.29) is 0 Å². The minimum atomic E-state index is 0.883. The van der Waals surface area contributed by atoms with Gasteiger partial charge in [-0.25, -0.2) is 9.97 Å². The van der Waals surface area contributed by atoms with Crippen LogP contribution < -0.4 is 0 Å². The second-order valence-corrected chi connectivity index (χ2v) is 7.54. The fraction of sp³-hybridized carbons (Fsp3) is 0.176. The van der Waals surface area contributed by atoms with Crippen LogP contribution in [0.3, 0.4) is 0 Å². The van der Waals surface area contributed by atoms with Gasteiger partial charge in [0.05, 0.1) is 27.2 Å². The van der Waals surface area contributed by atoms with Crippen LogP contribution in [0.5, 0.6) is 0 Å². The van der Waals surface area contributed by atoms with Gasteiger partial charge in [-0.3, -0.25) is 0 Å². The van der Waals surface area contributed by atoms with Crippen molar-refractivity contribution in [2.45, 2.75) is 10.3 Å². The third-order valence-corrected chi connectivity index (χ3v) is 6.06. The number of aromatic nitrogens is 4. The van der Waals surface area contributed by atoms with Crippen LogP contribution >= 0.6 is 23.5 Å². The molecule has 0 amide bonds. The number of hydrogen-bond donors (Lipinski definition) is 0. The zero-order valence-electron chi connectivity index (χ0n) is 12.9. The van der Waals surface area contributed by atoms with Crippen LogP contribution in [-0.2, 0) is 14.1 Å². The molecule has 0 aliphatic rings. The maximum atomic E-state index is 4.69. The number of para-hydroxylation sites is 4. The lowest BCUT2D eigenvalue weighted by Crippen LogP contribution is -1.92. The van der Waals surface area contributed by atoms with E-state index in [4.69, 9.17) is 9.97 Å². The Kier molecular flexibility index (Phi) is 3.79. The smallest absolute Gasteiger partial charge is 0.169 e. The summed E-state index contributed by atoms with van der Waals surface area (Å²) in [7, 11) is 4.13. The van der Waals surface area contributed by atoms with E-state index in [0.29, 0.717) is 0 Å². The molecule has 0 radical (unpaired) electrons. The number of rotatable bonds is 4. The van der Waals surface area contributed by atoms with Crippen molar-refractivity contribution < 1.29 is 0 Å². The number of imidazole rings is 2. The molecule has 0 unspecified atom stereocenters. The summed E-state index contributed by atoms with van der Waals surface area (Å²) in [5.41, 5.74) is 4.43. The second-order valence-electron chi connectivity index (χ2n) is 5.29. The van der Waals surface area contributed by atoms with Crippen LogP contribution in [0.1, 0.15) is 0 Å². The van der Waals surface area contributed by atoms with Gasteiger partial charge >= 0.3 is 0 Å². The van der Waals surface area contributed by atoms with Crippen molar-refractivity contribution in [2.75, 3.05) is 5.08 Å². The number of hydrogen-bond acceptors (Lipinski definition) is 4. The van der Waals surface area contributed by atoms with Gasteiger partial charge in [0.15, 0.2) is 10.3 Å². The number of nitrogens with zero attached hydrogens (tertiary/aromatic N) is 4. The Morgan fingerprint density at radius 2 is 1.17 bits per heavy atom. The lowest BCUT2D eigenvalue weighted by Gasteiger charge is -2.03. The predicted molar refractivity (Wildman–Crippen MR) is 98.0 cm³/mol. The first-order valence-corrected chi connectivity index (χ1v) is 9.29. The SMILES string of the molecule is Cn1c(SCSc2nc3ccccc3n2C)nc2ccccc21. The first kappa shape index (κ1) is 14.7. The Morgan fingerprint density at radius 3 is 1.61 bits per heavy atom. The Morgan fingerprint density at radius 1 is 0.739 bits per heavy atom. The minimum absolute atomic E-state index is 0.883. The maximum Gasteiger partial charge on any atom is 0.169 e. The van der Waals surface area contributed by atoms with Crippen molar-refractivity contribution in [1.29, 1.82) is 0 Å². The molecule has 0 fully saturated rings. The summed E-state index contributed by atoms with van der Waals surface area (Å²) in [5, 5.41) is 2.96. The first-order chi connectivity index (χ1) is 11.2. The zero-order chi connectivity index (χ0) is 15.8. The zero-order valence-corrected chi connectivity index (χ0v) is 14.6. The highest BCUT2D eigenvalue weighted by Crippen LogP contribution is 2.30. The summed E-state index contributed by atoms with van der Waals surface area (Å²) >= 11 is 3.50. The summed E-state index contributed by atoms with van der Waals surface area (Å²) in [6.45, 7) is 0.